The van der Waals surface area contributed by atoms with Crippen molar-refractivity contribution in [3.8, 4) is 0 Å². The number of nitrogens with zero attached hydrogens (tertiary/aromatic N) is 3. The van der Waals surface area contributed by atoms with Crippen LogP contribution < -0.4 is 5.56 Å². The normalized spacial score (nSPS) is 10.4. The molecular formula is C14H13Cl2N3O2. The Labute approximate surface area is 131 Å². The first-order valence-corrected chi connectivity index (χ1v) is 6.93. The molecule has 1 amide bonds. The fourth-order valence-corrected chi connectivity index (χ4v) is 2.02. The van der Waals surface area contributed by atoms with Gasteiger partial charge in [0.2, 0.25) is 5.91 Å². The number of hydrogen-bond donors (Lipinski definition) is 0. The van der Waals surface area contributed by atoms with Crippen molar-refractivity contribution in [2.24, 2.45) is 0 Å². The van der Waals surface area contributed by atoms with E-state index in [2.05, 4.69) is 5.10 Å². The first kappa shape index (κ1) is 15.5. The molecule has 0 unspecified atom stereocenters. The summed E-state index contributed by atoms with van der Waals surface area (Å²) in [7, 11) is 1.66. The summed E-state index contributed by atoms with van der Waals surface area (Å²) < 4.78 is 0.998. The maximum atomic E-state index is 12.1. The molecule has 0 aliphatic heterocycles. The number of amides is 1. The molecule has 0 saturated heterocycles. The van der Waals surface area contributed by atoms with Crippen molar-refractivity contribution >= 4 is 29.1 Å². The molecule has 0 atom stereocenters. The van der Waals surface area contributed by atoms with Crippen molar-refractivity contribution in [2.45, 2.75) is 13.1 Å². The maximum Gasteiger partial charge on any atom is 0.287 e. The number of benzene rings is 1. The van der Waals surface area contributed by atoms with Crippen molar-refractivity contribution < 1.29 is 4.79 Å². The highest BCUT2D eigenvalue weighted by atomic mass is 35.5. The van der Waals surface area contributed by atoms with Crippen molar-refractivity contribution in [1.29, 1.82) is 0 Å². The zero-order valence-electron chi connectivity index (χ0n) is 11.3. The maximum absolute atomic E-state index is 12.1. The van der Waals surface area contributed by atoms with E-state index in [4.69, 9.17) is 23.2 Å². The summed E-state index contributed by atoms with van der Waals surface area (Å²) in [5, 5.41) is 3.75. The van der Waals surface area contributed by atoms with Crippen LogP contribution >= 0.6 is 23.2 Å². The van der Waals surface area contributed by atoms with Crippen LogP contribution in [0.5, 0.6) is 0 Å². The Morgan fingerprint density at radius 2 is 1.95 bits per heavy atom. The van der Waals surface area contributed by atoms with Gasteiger partial charge in [-0.25, -0.2) is 4.68 Å². The number of halogens is 2. The lowest BCUT2D eigenvalue weighted by molar-refractivity contribution is -0.131. The van der Waals surface area contributed by atoms with E-state index in [1.54, 1.807) is 7.05 Å². The van der Waals surface area contributed by atoms with E-state index in [0.29, 0.717) is 6.54 Å². The molecule has 0 radical (unpaired) electrons. The van der Waals surface area contributed by atoms with Crippen LogP contribution in [0.15, 0.2) is 41.3 Å². The largest absolute Gasteiger partial charge is 0.340 e. The van der Waals surface area contributed by atoms with Crippen LogP contribution in [0, 0.1) is 0 Å². The highest BCUT2D eigenvalue weighted by Crippen LogP contribution is 2.14. The molecule has 0 spiro atoms. The molecule has 5 nitrogen and oxygen atoms in total. The van der Waals surface area contributed by atoms with Gasteiger partial charge in [0.25, 0.3) is 5.56 Å². The van der Waals surface area contributed by atoms with Crippen molar-refractivity contribution in [2.75, 3.05) is 7.05 Å². The van der Waals surface area contributed by atoms with Crippen LogP contribution in [0.2, 0.25) is 10.0 Å². The summed E-state index contributed by atoms with van der Waals surface area (Å²) in [6.45, 7) is 0.273. The average molecular weight is 326 g/mol. The van der Waals surface area contributed by atoms with Gasteiger partial charge in [-0.2, -0.15) is 5.10 Å². The topological polar surface area (TPSA) is 55.2 Å². The van der Waals surface area contributed by atoms with E-state index < -0.39 is 5.56 Å². The van der Waals surface area contributed by atoms with Crippen LogP contribution in [0.3, 0.4) is 0 Å². The number of rotatable bonds is 4. The number of hydrogen-bond acceptors (Lipinski definition) is 3. The van der Waals surface area contributed by atoms with E-state index in [1.165, 1.54) is 11.1 Å². The van der Waals surface area contributed by atoms with Crippen LogP contribution in [0.25, 0.3) is 0 Å². The minimum Gasteiger partial charge on any atom is -0.340 e. The van der Waals surface area contributed by atoms with Gasteiger partial charge in [0.15, 0.2) is 0 Å². The third-order valence-electron chi connectivity index (χ3n) is 2.92. The van der Waals surface area contributed by atoms with Gasteiger partial charge in [0.1, 0.15) is 11.6 Å². The molecule has 2 rings (SSSR count). The summed E-state index contributed by atoms with van der Waals surface area (Å²) in [5.74, 6) is -0.244. The van der Waals surface area contributed by atoms with Crippen molar-refractivity contribution in [3.63, 3.8) is 0 Å². The minimum absolute atomic E-state index is 0.0722. The van der Waals surface area contributed by atoms with Gasteiger partial charge in [-0.15, -0.1) is 0 Å². The van der Waals surface area contributed by atoms with Gasteiger partial charge in [-0.1, -0.05) is 53.5 Å². The number of aromatic nitrogens is 2. The number of carbonyl (C=O) groups is 1. The summed E-state index contributed by atoms with van der Waals surface area (Å²) in [4.78, 5) is 25.5. The first-order valence-electron chi connectivity index (χ1n) is 6.18. The van der Waals surface area contributed by atoms with Crippen molar-refractivity contribution in [3.05, 3.63) is 62.5 Å². The molecule has 0 bridgehead atoms. The van der Waals surface area contributed by atoms with Crippen LogP contribution in [0.1, 0.15) is 5.56 Å². The average Bonchev–Trinajstić information content (AvgIpc) is 2.48. The minimum atomic E-state index is -0.578. The Kier molecular flexibility index (Phi) is 4.98. The molecule has 0 saturated carbocycles. The lowest BCUT2D eigenvalue weighted by Crippen LogP contribution is -2.34. The molecule has 0 fully saturated rings. The van der Waals surface area contributed by atoms with Crippen molar-refractivity contribution in [1.82, 2.24) is 14.7 Å². The monoisotopic (exact) mass is 325 g/mol. The fraction of sp³-hybridized carbons (Fsp3) is 0.214. The smallest absolute Gasteiger partial charge is 0.287 e. The highest BCUT2D eigenvalue weighted by molar-refractivity contribution is 6.41. The SMILES string of the molecule is CN(Cc1ccccc1)C(=O)Cn1ncc(Cl)c(Cl)c1=O. The Balaban J connectivity index is 2.08. The molecule has 7 heteroatoms. The number of carbonyl (C=O) groups excluding carboxylic acids is 1. The zero-order chi connectivity index (χ0) is 15.4. The summed E-state index contributed by atoms with van der Waals surface area (Å²) in [6, 6.07) is 9.56. The van der Waals surface area contributed by atoms with Gasteiger partial charge < -0.3 is 4.90 Å². The van der Waals surface area contributed by atoms with Gasteiger partial charge in [0.05, 0.1) is 11.2 Å². The van der Waals surface area contributed by atoms with Gasteiger partial charge in [0, 0.05) is 13.6 Å². The summed E-state index contributed by atoms with van der Waals surface area (Å²) >= 11 is 11.4. The Morgan fingerprint density at radius 1 is 1.29 bits per heavy atom. The van der Waals surface area contributed by atoms with Crippen LogP contribution in [-0.4, -0.2) is 27.6 Å². The summed E-state index contributed by atoms with van der Waals surface area (Å²) in [5.41, 5.74) is 0.424. The molecule has 1 heterocycles. The van der Waals surface area contributed by atoms with E-state index in [0.717, 1.165) is 10.2 Å². The lowest BCUT2D eigenvalue weighted by Gasteiger charge is -2.17. The molecular weight excluding hydrogens is 313 g/mol. The molecule has 0 N–H and O–H groups in total. The van der Waals surface area contributed by atoms with E-state index in [1.807, 2.05) is 30.3 Å². The molecule has 21 heavy (non-hydrogen) atoms. The Hall–Kier alpha value is -1.85. The molecule has 1 aromatic carbocycles. The van der Waals surface area contributed by atoms with Crippen LogP contribution in [-0.2, 0) is 17.9 Å². The third-order valence-corrected chi connectivity index (χ3v) is 3.66. The second-order valence-corrected chi connectivity index (χ2v) is 5.29. The molecule has 1 aromatic heterocycles. The van der Waals surface area contributed by atoms with Gasteiger partial charge >= 0.3 is 0 Å². The molecule has 2 aromatic rings. The quantitative estimate of drug-likeness (QED) is 0.866. The first-order chi connectivity index (χ1) is 9.99. The molecule has 0 aliphatic carbocycles. The molecule has 110 valence electrons. The molecule has 0 aliphatic rings. The standard InChI is InChI=1S/C14H13Cl2N3O2/c1-18(8-10-5-3-2-4-6-10)12(20)9-19-14(21)13(16)11(15)7-17-19/h2-7H,8-9H2,1H3. The van der Waals surface area contributed by atoms with Gasteiger partial charge in [-0.3, -0.25) is 9.59 Å². The predicted octanol–water partition coefficient (Wildman–Crippen LogP) is 2.21. The van der Waals surface area contributed by atoms with Crippen LogP contribution in [0.4, 0.5) is 0 Å². The number of likely N-dealkylation sites (N-methyl/N-ethyl adjacent to an activating group) is 1. The van der Waals surface area contributed by atoms with E-state index in [9.17, 15) is 9.59 Å². The lowest BCUT2D eigenvalue weighted by atomic mass is 10.2. The third kappa shape index (κ3) is 3.83. The van der Waals surface area contributed by atoms with E-state index in [-0.39, 0.29) is 22.5 Å². The highest BCUT2D eigenvalue weighted by Gasteiger charge is 2.14. The van der Waals surface area contributed by atoms with Gasteiger partial charge in [-0.05, 0) is 5.56 Å². The van der Waals surface area contributed by atoms with E-state index >= 15 is 0 Å². The second-order valence-electron chi connectivity index (χ2n) is 4.50. The second kappa shape index (κ2) is 6.74. The zero-order valence-corrected chi connectivity index (χ0v) is 12.8. The fourth-order valence-electron chi connectivity index (χ4n) is 1.75. The predicted molar refractivity (Wildman–Crippen MR) is 81.4 cm³/mol. The summed E-state index contributed by atoms with van der Waals surface area (Å²) in [6.07, 6.45) is 1.25. The Morgan fingerprint density at radius 3 is 2.62 bits per heavy atom. The Bertz CT molecular complexity index is 701.